The summed E-state index contributed by atoms with van der Waals surface area (Å²) in [6, 6.07) is 87.6. The van der Waals surface area contributed by atoms with E-state index in [0.29, 0.717) is 5.82 Å². The second-order valence-corrected chi connectivity index (χ2v) is 18.0. The lowest BCUT2D eigenvalue weighted by molar-refractivity contribution is 0.669. The lowest BCUT2D eigenvalue weighted by Gasteiger charge is -2.30. The zero-order valence-electron chi connectivity index (χ0n) is 36.9. The number of para-hydroxylation sites is 1. The van der Waals surface area contributed by atoms with Gasteiger partial charge in [-0.1, -0.05) is 194 Å². The average molecular weight is 865 g/mol. The fourth-order valence-electron chi connectivity index (χ4n) is 11.3. The Labute approximate surface area is 394 Å². The molecule has 3 heteroatoms. The molecule has 68 heavy (non-hydrogen) atoms. The molecule has 0 saturated heterocycles. The fourth-order valence-corrected chi connectivity index (χ4v) is 11.3. The average Bonchev–Trinajstić information content (AvgIpc) is 4.05. The summed E-state index contributed by atoms with van der Waals surface area (Å²) in [5, 5.41) is 2.20. The molecule has 0 aliphatic heterocycles. The van der Waals surface area contributed by atoms with E-state index in [1.54, 1.807) is 0 Å². The molecule has 14 rings (SSSR count). The number of furan rings is 1. The van der Waals surface area contributed by atoms with Crippen molar-refractivity contribution in [3.63, 3.8) is 0 Å². The second-order valence-electron chi connectivity index (χ2n) is 18.0. The van der Waals surface area contributed by atoms with Crippen LogP contribution in [0.2, 0.25) is 0 Å². The molecule has 0 unspecified atom stereocenters. The molecule has 1 spiro atoms. The predicted molar refractivity (Wildman–Crippen MR) is 278 cm³/mol. The van der Waals surface area contributed by atoms with Gasteiger partial charge in [-0.25, -0.2) is 9.97 Å². The summed E-state index contributed by atoms with van der Waals surface area (Å²) < 4.78 is 6.25. The topological polar surface area (TPSA) is 38.9 Å². The molecule has 2 aromatic heterocycles. The molecule has 0 saturated carbocycles. The monoisotopic (exact) mass is 864 g/mol. The van der Waals surface area contributed by atoms with Gasteiger partial charge in [0.25, 0.3) is 0 Å². The molecular formula is C65H40N2O. The first-order chi connectivity index (χ1) is 33.7. The maximum atomic E-state index is 6.25. The van der Waals surface area contributed by atoms with Crippen molar-refractivity contribution in [1.82, 2.24) is 9.97 Å². The van der Waals surface area contributed by atoms with Crippen LogP contribution in [0.4, 0.5) is 0 Å². The number of benzene rings is 10. The molecule has 0 fully saturated rings. The van der Waals surface area contributed by atoms with Crippen LogP contribution < -0.4 is 0 Å². The minimum absolute atomic E-state index is 0.441. The highest BCUT2D eigenvalue weighted by atomic mass is 16.3. The maximum Gasteiger partial charge on any atom is 0.160 e. The number of fused-ring (bicyclic) bond motifs is 13. The third-order valence-corrected chi connectivity index (χ3v) is 14.3. The van der Waals surface area contributed by atoms with Gasteiger partial charge in [-0.05, 0) is 126 Å². The minimum Gasteiger partial charge on any atom is -0.456 e. The van der Waals surface area contributed by atoms with E-state index in [9.17, 15) is 0 Å². The summed E-state index contributed by atoms with van der Waals surface area (Å²) in [4.78, 5) is 10.8. The van der Waals surface area contributed by atoms with Crippen LogP contribution >= 0.6 is 0 Å². The first-order valence-corrected chi connectivity index (χ1v) is 23.3. The van der Waals surface area contributed by atoms with Crippen molar-refractivity contribution < 1.29 is 4.42 Å². The van der Waals surface area contributed by atoms with Gasteiger partial charge in [-0.3, -0.25) is 0 Å². The van der Waals surface area contributed by atoms with Crippen molar-refractivity contribution >= 4 is 21.9 Å². The highest BCUT2D eigenvalue weighted by molar-refractivity contribution is 6.06. The number of aromatic nitrogens is 2. The highest BCUT2D eigenvalue weighted by Crippen LogP contribution is 2.63. The van der Waals surface area contributed by atoms with Crippen LogP contribution in [0.5, 0.6) is 0 Å². The van der Waals surface area contributed by atoms with E-state index in [4.69, 9.17) is 14.4 Å². The molecule has 0 atom stereocenters. The Bertz CT molecular complexity index is 3910. The smallest absolute Gasteiger partial charge is 0.160 e. The molecule has 316 valence electrons. The van der Waals surface area contributed by atoms with Crippen LogP contribution in [-0.2, 0) is 5.41 Å². The third-order valence-electron chi connectivity index (χ3n) is 14.3. The van der Waals surface area contributed by atoms with Crippen molar-refractivity contribution in [1.29, 1.82) is 0 Å². The first kappa shape index (κ1) is 38.4. The molecule has 10 aromatic carbocycles. The normalized spacial score (nSPS) is 12.8. The van der Waals surface area contributed by atoms with E-state index in [-0.39, 0.29) is 0 Å². The van der Waals surface area contributed by atoms with Crippen LogP contribution in [0.15, 0.2) is 247 Å². The van der Waals surface area contributed by atoms with Gasteiger partial charge in [0.1, 0.15) is 11.2 Å². The maximum absolute atomic E-state index is 6.25. The molecule has 0 N–H and O–H groups in total. The Hall–Kier alpha value is -8.92. The molecule has 0 amide bonds. The number of hydrogen-bond donors (Lipinski definition) is 0. The highest BCUT2D eigenvalue weighted by Gasteiger charge is 2.51. The summed E-state index contributed by atoms with van der Waals surface area (Å²) in [5.74, 6) is 0.674. The molecule has 3 nitrogen and oxygen atoms in total. The van der Waals surface area contributed by atoms with E-state index in [2.05, 4.69) is 224 Å². The van der Waals surface area contributed by atoms with Crippen molar-refractivity contribution in [3.8, 4) is 89.5 Å². The molecule has 2 heterocycles. The van der Waals surface area contributed by atoms with Gasteiger partial charge in [0.05, 0.1) is 16.8 Å². The standard InChI is InChI=1S/C65H40N2O/c1-3-17-41(18-4-1)45-35-46(43-32-34-63-55(38-43)54-26-12-16-30-62(54)68-63)37-47(36-45)60-40-61(67-64(66-60)42-19-5-2-6-20-42)53-25-8-7-21-48(53)44-31-33-52-51-24-11-15-29-58(51)65(59(52)39-44)56-27-13-9-22-49(56)50-23-10-14-28-57(50)65/h1-40H. The van der Waals surface area contributed by atoms with Crippen LogP contribution in [0.1, 0.15) is 22.3 Å². The number of hydrogen-bond acceptors (Lipinski definition) is 3. The van der Waals surface area contributed by atoms with Gasteiger partial charge in [0, 0.05) is 27.5 Å². The summed E-state index contributed by atoms with van der Waals surface area (Å²) in [7, 11) is 0. The van der Waals surface area contributed by atoms with Gasteiger partial charge in [0.15, 0.2) is 5.82 Å². The molecule has 12 aromatic rings. The van der Waals surface area contributed by atoms with E-state index in [1.165, 1.54) is 44.5 Å². The number of rotatable bonds is 6. The Morgan fingerprint density at radius 3 is 1.46 bits per heavy atom. The Balaban J connectivity index is 0.966. The fraction of sp³-hybridized carbons (Fsp3) is 0.0154. The van der Waals surface area contributed by atoms with Gasteiger partial charge in [-0.15, -0.1) is 0 Å². The zero-order chi connectivity index (χ0) is 44.8. The first-order valence-electron chi connectivity index (χ1n) is 23.3. The molecule has 0 radical (unpaired) electrons. The van der Waals surface area contributed by atoms with Gasteiger partial charge >= 0.3 is 0 Å². The summed E-state index contributed by atoms with van der Waals surface area (Å²) >= 11 is 0. The molecule has 2 aliphatic carbocycles. The minimum atomic E-state index is -0.441. The van der Waals surface area contributed by atoms with Crippen molar-refractivity contribution in [3.05, 3.63) is 265 Å². The summed E-state index contributed by atoms with van der Waals surface area (Å²) in [5.41, 5.74) is 23.2. The lowest BCUT2D eigenvalue weighted by Crippen LogP contribution is -2.25. The van der Waals surface area contributed by atoms with Crippen LogP contribution in [-0.4, -0.2) is 9.97 Å². The third kappa shape index (κ3) is 5.79. The summed E-state index contributed by atoms with van der Waals surface area (Å²) in [6.45, 7) is 0. The number of nitrogens with zero attached hydrogens (tertiary/aromatic N) is 2. The van der Waals surface area contributed by atoms with E-state index < -0.39 is 5.41 Å². The largest absolute Gasteiger partial charge is 0.456 e. The van der Waals surface area contributed by atoms with Crippen molar-refractivity contribution in [2.24, 2.45) is 0 Å². The van der Waals surface area contributed by atoms with E-state index in [1.807, 2.05) is 18.2 Å². The van der Waals surface area contributed by atoms with Crippen LogP contribution in [0, 0.1) is 0 Å². The quantitative estimate of drug-likeness (QED) is 0.167. The van der Waals surface area contributed by atoms with Crippen molar-refractivity contribution in [2.75, 3.05) is 0 Å². The Morgan fingerprint density at radius 2 is 0.765 bits per heavy atom. The van der Waals surface area contributed by atoms with Gasteiger partial charge < -0.3 is 4.42 Å². The molecule has 0 bridgehead atoms. The molecular weight excluding hydrogens is 825 g/mol. The van der Waals surface area contributed by atoms with Crippen LogP contribution in [0.25, 0.3) is 111 Å². The summed E-state index contributed by atoms with van der Waals surface area (Å²) in [6.07, 6.45) is 0. The predicted octanol–water partition coefficient (Wildman–Crippen LogP) is 16.7. The molecule has 2 aliphatic rings. The van der Waals surface area contributed by atoms with Crippen molar-refractivity contribution in [2.45, 2.75) is 5.41 Å². The Kier molecular flexibility index (Phi) is 8.50. The zero-order valence-corrected chi connectivity index (χ0v) is 36.9. The van der Waals surface area contributed by atoms with Gasteiger partial charge in [0.2, 0.25) is 0 Å². The van der Waals surface area contributed by atoms with Gasteiger partial charge in [-0.2, -0.15) is 0 Å². The van der Waals surface area contributed by atoms with Crippen LogP contribution in [0.3, 0.4) is 0 Å². The second kappa shape index (κ2) is 15.1. The Morgan fingerprint density at radius 1 is 0.265 bits per heavy atom. The van der Waals surface area contributed by atoms with E-state index >= 15 is 0 Å². The lowest BCUT2D eigenvalue weighted by atomic mass is 9.70. The SMILES string of the molecule is c1ccc(-c2cc(-c3ccc4oc5ccccc5c4c3)cc(-c3cc(-c4ccccc4-c4ccc5c(c4)C4(c6ccccc6-c6ccccc64)c4ccccc4-5)nc(-c4ccccc4)n3)c2)cc1. The van der Waals surface area contributed by atoms with E-state index in [0.717, 1.165) is 83.4 Å².